The molecule has 0 aliphatic rings. The van der Waals surface area contributed by atoms with Gasteiger partial charge in [-0.05, 0) is 24.1 Å². The lowest BCUT2D eigenvalue weighted by Gasteiger charge is -2.02. The number of rotatable bonds is 4. The van der Waals surface area contributed by atoms with E-state index >= 15 is 0 Å². The molecular formula is C12H14ClF2N3. The minimum atomic E-state index is -0.815. The van der Waals surface area contributed by atoms with Crippen molar-refractivity contribution in [2.24, 2.45) is 0 Å². The second kappa shape index (κ2) is 6.35. The molecule has 3 nitrogen and oxygen atoms in total. The van der Waals surface area contributed by atoms with Crippen molar-refractivity contribution in [3.8, 4) is 0 Å². The first-order valence-electron chi connectivity index (χ1n) is 5.33. The molecule has 1 heterocycles. The maximum absolute atomic E-state index is 13.0. The number of hydrogen-bond acceptors (Lipinski definition) is 2. The lowest BCUT2D eigenvalue weighted by atomic mass is 10.1. The van der Waals surface area contributed by atoms with Crippen LogP contribution in [0.2, 0.25) is 0 Å². The van der Waals surface area contributed by atoms with E-state index in [9.17, 15) is 8.78 Å². The van der Waals surface area contributed by atoms with Crippen LogP contribution in [0.15, 0.2) is 30.6 Å². The van der Waals surface area contributed by atoms with E-state index in [4.69, 9.17) is 0 Å². The number of nitrogens with zero attached hydrogens (tertiary/aromatic N) is 2. The van der Waals surface area contributed by atoms with Crippen LogP contribution < -0.4 is 5.32 Å². The molecule has 98 valence electrons. The first-order chi connectivity index (χ1) is 8.19. The van der Waals surface area contributed by atoms with Gasteiger partial charge in [0.1, 0.15) is 0 Å². The minimum absolute atomic E-state index is 0. The van der Waals surface area contributed by atoms with E-state index in [2.05, 4.69) is 10.4 Å². The molecule has 6 heteroatoms. The first-order valence-corrected chi connectivity index (χ1v) is 5.33. The van der Waals surface area contributed by atoms with Gasteiger partial charge in [-0.3, -0.25) is 4.68 Å². The quantitative estimate of drug-likeness (QED) is 0.928. The smallest absolute Gasteiger partial charge is 0.159 e. The van der Waals surface area contributed by atoms with Gasteiger partial charge in [-0.15, -0.1) is 12.4 Å². The lowest BCUT2D eigenvalue weighted by Crippen LogP contribution is -2.02. The van der Waals surface area contributed by atoms with Crippen LogP contribution in [-0.2, 0) is 13.0 Å². The van der Waals surface area contributed by atoms with E-state index in [0.717, 1.165) is 17.3 Å². The molecule has 0 fully saturated rings. The minimum Gasteiger partial charge on any atom is -0.386 e. The third kappa shape index (κ3) is 3.43. The Morgan fingerprint density at radius 3 is 2.67 bits per heavy atom. The Kier molecular flexibility index (Phi) is 5.09. The van der Waals surface area contributed by atoms with E-state index in [0.29, 0.717) is 13.0 Å². The molecule has 0 aliphatic heterocycles. The van der Waals surface area contributed by atoms with Crippen molar-refractivity contribution in [1.29, 1.82) is 0 Å². The Morgan fingerprint density at radius 1 is 1.28 bits per heavy atom. The highest BCUT2D eigenvalue weighted by Crippen LogP contribution is 2.10. The Balaban J connectivity index is 0.00000162. The zero-order valence-corrected chi connectivity index (χ0v) is 10.7. The summed E-state index contributed by atoms with van der Waals surface area (Å²) in [5, 5.41) is 7.10. The number of halogens is 3. The van der Waals surface area contributed by atoms with Gasteiger partial charge in [-0.25, -0.2) is 8.78 Å². The van der Waals surface area contributed by atoms with Crippen LogP contribution in [0, 0.1) is 11.6 Å². The van der Waals surface area contributed by atoms with Gasteiger partial charge in [-0.1, -0.05) is 6.07 Å². The van der Waals surface area contributed by atoms with E-state index in [1.165, 1.54) is 6.07 Å². The summed E-state index contributed by atoms with van der Waals surface area (Å²) in [6, 6.07) is 3.95. The molecule has 1 aromatic carbocycles. The highest BCUT2D eigenvalue weighted by molar-refractivity contribution is 5.85. The van der Waals surface area contributed by atoms with Gasteiger partial charge in [-0.2, -0.15) is 5.10 Å². The fourth-order valence-corrected chi connectivity index (χ4v) is 1.55. The van der Waals surface area contributed by atoms with E-state index in [1.807, 2.05) is 13.2 Å². The van der Waals surface area contributed by atoms with Crippen molar-refractivity contribution in [1.82, 2.24) is 9.78 Å². The molecular weight excluding hydrogens is 260 g/mol. The third-order valence-corrected chi connectivity index (χ3v) is 2.54. The van der Waals surface area contributed by atoms with Gasteiger partial charge >= 0.3 is 0 Å². The Bertz CT molecular complexity index is 514. The summed E-state index contributed by atoms with van der Waals surface area (Å²) < 4.78 is 27.4. The van der Waals surface area contributed by atoms with Crippen molar-refractivity contribution in [2.75, 3.05) is 12.4 Å². The van der Waals surface area contributed by atoms with Gasteiger partial charge in [0.15, 0.2) is 11.6 Å². The fraction of sp³-hybridized carbons (Fsp3) is 0.250. The number of aromatic nitrogens is 2. The molecule has 1 aromatic heterocycles. The van der Waals surface area contributed by atoms with Crippen molar-refractivity contribution in [2.45, 2.75) is 13.0 Å². The monoisotopic (exact) mass is 273 g/mol. The second-order valence-corrected chi connectivity index (χ2v) is 3.74. The summed E-state index contributed by atoms with van der Waals surface area (Å²) in [5.41, 5.74) is 1.68. The predicted molar refractivity (Wildman–Crippen MR) is 69.1 cm³/mol. The molecule has 0 amide bonds. The Morgan fingerprint density at radius 2 is 2.06 bits per heavy atom. The molecule has 0 atom stereocenters. The summed E-state index contributed by atoms with van der Waals surface area (Å²) in [6.07, 6.45) is 4.19. The number of hydrogen-bond donors (Lipinski definition) is 1. The van der Waals surface area contributed by atoms with E-state index < -0.39 is 11.6 Å². The average molecular weight is 274 g/mol. The van der Waals surface area contributed by atoms with Gasteiger partial charge < -0.3 is 5.32 Å². The van der Waals surface area contributed by atoms with Crippen LogP contribution in [0.25, 0.3) is 0 Å². The molecule has 0 saturated heterocycles. The molecule has 0 unspecified atom stereocenters. The van der Waals surface area contributed by atoms with Crippen LogP contribution in [0.3, 0.4) is 0 Å². The largest absolute Gasteiger partial charge is 0.386 e. The van der Waals surface area contributed by atoms with Crippen molar-refractivity contribution >= 4 is 18.1 Å². The second-order valence-electron chi connectivity index (χ2n) is 3.74. The van der Waals surface area contributed by atoms with Gasteiger partial charge in [0.05, 0.1) is 11.9 Å². The zero-order valence-electron chi connectivity index (χ0n) is 9.86. The molecule has 0 saturated carbocycles. The maximum atomic E-state index is 13.0. The van der Waals surface area contributed by atoms with Crippen LogP contribution in [0.5, 0.6) is 0 Å². The van der Waals surface area contributed by atoms with Crippen LogP contribution >= 0.6 is 12.4 Å². The highest BCUT2D eigenvalue weighted by atomic mass is 35.5. The van der Waals surface area contributed by atoms with Gasteiger partial charge in [0, 0.05) is 19.8 Å². The fourth-order valence-electron chi connectivity index (χ4n) is 1.55. The summed E-state index contributed by atoms with van der Waals surface area (Å²) >= 11 is 0. The topological polar surface area (TPSA) is 29.9 Å². The van der Waals surface area contributed by atoms with Gasteiger partial charge in [0.25, 0.3) is 0 Å². The SMILES string of the molecule is CNc1cnn(CCc2ccc(F)c(F)c2)c1.Cl. The molecule has 0 radical (unpaired) electrons. The van der Waals surface area contributed by atoms with Crippen LogP contribution in [0.1, 0.15) is 5.56 Å². The third-order valence-electron chi connectivity index (χ3n) is 2.54. The molecule has 0 aliphatic carbocycles. The molecule has 2 rings (SSSR count). The number of benzene rings is 1. The van der Waals surface area contributed by atoms with Crippen molar-refractivity contribution in [3.05, 3.63) is 47.8 Å². The predicted octanol–water partition coefficient (Wildman–Crippen LogP) is 2.87. The summed E-state index contributed by atoms with van der Waals surface area (Å²) in [7, 11) is 1.82. The molecule has 0 spiro atoms. The average Bonchev–Trinajstić information content (AvgIpc) is 2.79. The molecule has 2 aromatic rings. The standard InChI is InChI=1S/C12H13F2N3.ClH/c1-15-10-7-16-17(8-10)5-4-9-2-3-11(13)12(14)6-9;/h2-3,6-8,15H,4-5H2,1H3;1H. The molecule has 1 N–H and O–H groups in total. The van der Waals surface area contributed by atoms with Crippen LogP contribution in [0.4, 0.5) is 14.5 Å². The van der Waals surface area contributed by atoms with Crippen molar-refractivity contribution in [3.63, 3.8) is 0 Å². The van der Waals surface area contributed by atoms with Crippen LogP contribution in [-0.4, -0.2) is 16.8 Å². The lowest BCUT2D eigenvalue weighted by molar-refractivity contribution is 0.505. The molecule has 0 bridgehead atoms. The summed E-state index contributed by atoms with van der Waals surface area (Å²) in [4.78, 5) is 0. The number of nitrogens with one attached hydrogen (secondary N) is 1. The normalized spacial score (nSPS) is 9.94. The highest BCUT2D eigenvalue weighted by Gasteiger charge is 2.03. The first kappa shape index (κ1) is 14.4. The van der Waals surface area contributed by atoms with E-state index in [1.54, 1.807) is 16.9 Å². The maximum Gasteiger partial charge on any atom is 0.159 e. The Hall–Kier alpha value is -1.62. The molecule has 18 heavy (non-hydrogen) atoms. The van der Waals surface area contributed by atoms with Gasteiger partial charge in [0.2, 0.25) is 0 Å². The van der Waals surface area contributed by atoms with Crippen molar-refractivity contribution < 1.29 is 8.78 Å². The summed E-state index contributed by atoms with van der Waals surface area (Å²) in [6.45, 7) is 0.632. The number of aryl methyl sites for hydroxylation is 2. The number of anilines is 1. The summed E-state index contributed by atoms with van der Waals surface area (Å²) in [5.74, 6) is -1.62. The zero-order chi connectivity index (χ0) is 12.3. The van der Waals surface area contributed by atoms with E-state index in [-0.39, 0.29) is 12.4 Å². The Labute approximate surface area is 110 Å².